The number of rotatable bonds is 8. The molecule has 2 atom stereocenters. The first-order valence-electron chi connectivity index (χ1n) is 10.3. The van der Waals surface area contributed by atoms with Crippen molar-refractivity contribution >= 4 is 45.8 Å². The topological polar surface area (TPSA) is 124 Å². The number of aryl methyl sites for hydroxylation is 1. The van der Waals surface area contributed by atoms with Crippen LogP contribution in [0.2, 0.25) is 0 Å². The fourth-order valence-corrected chi connectivity index (χ4v) is 5.32. The van der Waals surface area contributed by atoms with Gasteiger partial charge in [0.2, 0.25) is 5.88 Å². The second-order valence-electron chi connectivity index (χ2n) is 7.78. The van der Waals surface area contributed by atoms with Gasteiger partial charge in [0.1, 0.15) is 16.4 Å². The lowest BCUT2D eigenvalue weighted by Crippen LogP contribution is -2.46. The summed E-state index contributed by atoms with van der Waals surface area (Å²) in [5.41, 5.74) is -0.495. The van der Waals surface area contributed by atoms with E-state index < -0.39 is 11.5 Å². The van der Waals surface area contributed by atoms with Crippen LogP contribution in [0.5, 0.6) is 5.88 Å². The third kappa shape index (κ3) is 5.16. The first-order valence-corrected chi connectivity index (χ1v) is 12.1. The molecule has 0 spiro atoms. The van der Waals surface area contributed by atoms with Gasteiger partial charge < -0.3 is 19.9 Å². The maximum atomic E-state index is 12.9. The Hall–Kier alpha value is -2.60. The van der Waals surface area contributed by atoms with Gasteiger partial charge in [0.25, 0.3) is 5.91 Å². The number of pyridine rings is 1. The third-order valence-electron chi connectivity index (χ3n) is 5.21. The van der Waals surface area contributed by atoms with Crippen LogP contribution in [-0.2, 0) is 15.1 Å². The number of nitrogens with one attached hydrogen (secondary N) is 1. The number of thiophene rings is 1. The van der Waals surface area contributed by atoms with Gasteiger partial charge in [0, 0.05) is 17.6 Å². The molecular weight excluding hydrogens is 464 g/mol. The minimum absolute atomic E-state index is 0.111. The quantitative estimate of drug-likeness (QED) is 0.280. The van der Waals surface area contributed by atoms with Crippen LogP contribution in [0.15, 0.2) is 29.3 Å². The monoisotopic (exact) mass is 488 g/mol. The second-order valence-corrected chi connectivity index (χ2v) is 9.83. The molecule has 0 aliphatic carbocycles. The van der Waals surface area contributed by atoms with E-state index in [1.165, 1.54) is 25.8 Å². The molecule has 0 saturated carbocycles. The molecule has 1 fully saturated rings. The molecule has 9 nitrogen and oxygen atoms in total. The number of hydrogen-bond donors (Lipinski definition) is 2. The Morgan fingerprint density at radius 3 is 2.85 bits per heavy atom. The van der Waals surface area contributed by atoms with Crippen LogP contribution < -0.4 is 10.1 Å². The third-order valence-corrected chi connectivity index (χ3v) is 7.52. The summed E-state index contributed by atoms with van der Waals surface area (Å²) in [5, 5.41) is 14.2. The molecule has 4 rings (SSSR count). The highest BCUT2D eigenvalue weighted by Gasteiger charge is 2.36. The highest BCUT2D eigenvalue weighted by Crippen LogP contribution is 2.31. The van der Waals surface area contributed by atoms with Crippen molar-refractivity contribution < 1.29 is 24.2 Å². The van der Waals surface area contributed by atoms with Gasteiger partial charge in [-0.05, 0) is 38.5 Å². The van der Waals surface area contributed by atoms with Crippen molar-refractivity contribution in [2.45, 2.75) is 36.9 Å². The molecule has 3 aromatic rings. The fraction of sp³-hybridized carbons (Fsp3) is 0.409. The van der Waals surface area contributed by atoms with Crippen LogP contribution in [0.1, 0.15) is 33.7 Å². The first kappa shape index (κ1) is 23.6. The van der Waals surface area contributed by atoms with Gasteiger partial charge in [-0.2, -0.15) is 0 Å². The summed E-state index contributed by atoms with van der Waals surface area (Å²) in [6.07, 6.45) is 0.713. The highest BCUT2D eigenvalue weighted by atomic mass is 32.2. The lowest BCUT2D eigenvalue weighted by atomic mass is 10.0. The molecule has 1 saturated heterocycles. The van der Waals surface area contributed by atoms with E-state index in [0.717, 1.165) is 11.3 Å². The van der Waals surface area contributed by atoms with Crippen molar-refractivity contribution in [2.24, 2.45) is 0 Å². The number of ketones is 1. The largest absolute Gasteiger partial charge is 0.481 e. The smallest absolute Gasteiger partial charge is 0.257 e. The predicted octanol–water partition coefficient (Wildman–Crippen LogP) is 2.49. The fourth-order valence-electron chi connectivity index (χ4n) is 3.34. The van der Waals surface area contributed by atoms with Gasteiger partial charge in [-0.15, -0.1) is 11.3 Å². The van der Waals surface area contributed by atoms with Gasteiger partial charge in [0.15, 0.2) is 11.4 Å². The number of carbonyl (C=O) groups excluding carboxylic acids is 2. The van der Waals surface area contributed by atoms with Crippen molar-refractivity contribution in [1.82, 2.24) is 20.3 Å². The minimum atomic E-state index is -1.74. The average molecular weight is 489 g/mol. The number of thioether (sulfide) groups is 1. The predicted molar refractivity (Wildman–Crippen MR) is 125 cm³/mol. The molecular formula is C22H24N4O5S2. The van der Waals surface area contributed by atoms with Crippen LogP contribution >= 0.6 is 23.1 Å². The maximum absolute atomic E-state index is 12.9. The molecule has 174 valence electrons. The summed E-state index contributed by atoms with van der Waals surface area (Å²) in [6, 6.07) is 6.67. The number of aliphatic hydroxyl groups is 1. The van der Waals surface area contributed by atoms with Crippen LogP contribution in [0, 0.1) is 6.92 Å². The van der Waals surface area contributed by atoms with E-state index in [9.17, 15) is 14.7 Å². The zero-order chi connectivity index (χ0) is 23.6. The number of hydrogen-bond acceptors (Lipinski definition) is 10. The maximum Gasteiger partial charge on any atom is 0.257 e. The molecule has 33 heavy (non-hydrogen) atoms. The Bertz CT molecular complexity index is 1190. The summed E-state index contributed by atoms with van der Waals surface area (Å²) in [4.78, 5) is 39.5. The van der Waals surface area contributed by atoms with E-state index in [-0.39, 0.29) is 17.6 Å². The van der Waals surface area contributed by atoms with Crippen molar-refractivity contribution in [3.8, 4) is 5.88 Å². The van der Waals surface area contributed by atoms with Gasteiger partial charge >= 0.3 is 0 Å². The highest BCUT2D eigenvalue weighted by molar-refractivity contribution is 8.00. The molecule has 4 heterocycles. The molecule has 11 heteroatoms. The number of ether oxygens (including phenoxy) is 2. The number of Topliss-reactive ketones (excluding diaryl/α,β-unsaturated/α-hetero) is 1. The van der Waals surface area contributed by atoms with E-state index in [4.69, 9.17) is 9.47 Å². The number of aromatic nitrogens is 3. The lowest BCUT2D eigenvalue weighted by molar-refractivity contribution is -0.139. The van der Waals surface area contributed by atoms with E-state index in [1.807, 2.05) is 0 Å². The molecule has 0 radical (unpaired) electrons. The number of nitrogens with zero attached hydrogens (tertiary/aromatic N) is 3. The van der Waals surface area contributed by atoms with E-state index >= 15 is 0 Å². The standard InChI is InChI=1S/C22H24N4O5S2/c1-12-23-14-4-7-18(30-3)26-19(14)20(24-12)32-11-15(27)16-5-6-17(33-16)22(2,29)21(28)25-13-8-9-31-10-13/h4-7,13,29H,8-11H2,1-3H3,(H,25,28)/t13-,22+/m0/s1. The van der Waals surface area contributed by atoms with Crippen LogP contribution in [0.4, 0.5) is 0 Å². The Morgan fingerprint density at radius 1 is 1.30 bits per heavy atom. The van der Waals surface area contributed by atoms with Crippen LogP contribution in [0.3, 0.4) is 0 Å². The van der Waals surface area contributed by atoms with Gasteiger partial charge in [-0.3, -0.25) is 9.59 Å². The zero-order valence-electron chi connectivity index (χ0n) is 18.5. The number of fused-ring (bicyclic) bond motifs is 1. The molecule has 2 N–H and O–H groups in total. The van der Waals surface area contributed by atoms with Gasteiger partial charge in [-0.25, -0.2) is 15.0 Å². The minimum Gasteiger partial charge on any atom is -0.481 e. The molecule has 1 aliphatic rings. The van der Waals surface area contributed by atoms with Crippen LogP contribution in [0.25, 0.3) is 11.0 Å². The zero-order valence-corrected chi connectivity index (χ0v) is 20.1. The number of amides is 1. The summed E-state index contributed by atoms with van der Waals surface area (Å²) < 4.78 is 10.5. The first-order chi connectivity index (χ1) is 15.8. The lowest BCUT2D eigenvalue weighted by Gasteiger charge is -2.23. The van der Waals surface area contributed by atoms with Crippen LogP contribution in [-0.4, -0.2) is 63.9 Å². The van der Waals surface area contributed by atoms with Gasteiger partial charge in [-0.1, -0.05) is 11.8 Å². The Labute approximate surface area is 198 Å². The van der Waals surface area contributed by atoms with E-state index in [2.05, 4.69) is 20.3 Å². The molecule has 3 aromatic heterocycles. The normalized spacial score (nSPS) is 17.6. The number of methoxy groups -OCH3 is 1. The van der Waals surface area contributed by atoms with Gasteiger partial charge in [0.05, 0.1) is 35.9 Å². The Kier molecular flexibility index (Phi) is 6.94. The summed E-state index contributed by atoms with van der Waals surface area (Å²) >= 11 is 2.37. The molecule has 1 amide bonds. The molecule has 1 aliphatic heterocycles. The average Bonchev–Trinajstić information content (AvgIpc) is 3.49. The summed E-state index contributed by atoms with van der Waals surface area (Å²) in [6.45, 7) is 4.24. The van der Waals surface area contributed by atoms with Crippen molar-refractivity contribution in [1.29, 1.82) is 0 Å². The number of carbonyl (C=O) groups is 2. The summed E-state index contributed by atoms with van der Waals surface area (Å²) in [5.74, 6) is 0.506. The molecule has 0 bridgehead atoms. The second kappa shape index (κ2) is 9.72. The molecule has 0 unspecified atom stereocenters. The van der Waals surface area contributed by atoms with Crippen molar-refractivity contribution in [3.63, 3.8) is 0 Å². The molecule has 0 aromatic carbocycles. The SMILES string of the molecule is COc1ccc2nc(C)nc(SCC(=O)c3ccc([C@@](C)(O)C(=O)N[C@H]4CCOC4)s3)c2n1. The van der Waals surface area contributed by atoms with Crippen molar-refractivity contribution in [2.75, 3.05) is 26.1 Å². The van der Waals surface area contributed by atoms with Crippen molar-refractivity contribution in [3.05, 3.63) is 39.8 Å². The van der Waals surface area contributed by atoms with E-state index in [0.29, 0.717) is 57.2 Å². The van der Waals surface area contributed by atoms with E-state index in [1.54, 1.807) is 31.2 Å². The summed E-state index contributed by atoms with van der Waals surface area (Å²) in [7, 11) is 1.53. The Balaban J connectivity index is 1.46. The Morgan fingerprint density at radius 2 is 2.12 bits per heavy atom.